The number of halogens is 1. The molecule has 0 aliphatic rings. The topological polar surface area (TPSA) is 0 Å². The molecule has 0 aliphatic carbocycles. The van der Waals surface area contributed by atoms with Gasteiger partial charge in [0.15, 0.2) is 0 Å². The van der Waals surface area contributed by atoms with Crippen LogP contribution in [0.15, 0.2) is 0 Å². The van der Waals surface area contributed by atoms with Gasteiger partial charge in [-0.3, -0.25) is 0 Å². The number of alkyl halides is 1. The number of rotatable bonds is 3. The van der Waals surface area contributed by atoms with Gasteiger partial charge in [-0.1, -0.05) is 35.7 Å². The summed E-state index contributed by atoms with van der Waals surface area (Å²) in [6.45, 7) is 1.94. The van der Waals surface area contributed by atoms with E-state index in [-0.39, 0.29) is 0 Å². The average Bonchev–Trinajstić information content (AvgIpc) is 1.64. The third-order valence-electron chi connectivity index (χ3n) is 0.510. The lowest BCUT2D eigenvalue weighted by atomic mass is 10.3. The summed E-state index contributed by atoms with van der Waals surface area (Å²) in [5.41, 5.74) is 0. The summed E-state index contributed by atoms with van der Waals surface area (Å²) in [4.78, 5) is 0. The van der Waals surface area contributed by atoms with Crippen LogP contribution in [0.2, 0.25) is 0 Å². The highest BCUT2D eigenvalue weighted by molar-refractivity contribution is 9.09. The van der Waals surface area contributed by atoms with Gasteiger partial charge in [0.05, 0.1) is 0 Å². The Morgan fingerprint density at radius 3 is 2.67 bits per heavy atom. The molecule has 0 spiro atoms. The third kappa shape index (κ3) is 4.48. The zero-order valence-corrected chi connectivity index (χ0v) is 5.46. The Morgan fingerprint density at radius 2 is 2.50 bits per heavy atom. The molecule has 0 saturated heterocycles. The Bertz CT molecular complexity index is 78.8. The second kappa shape index (κ2) is 5.48. The predicted molar refractivity (Wildman–Crippen MR) is 33.3 cm³/mol. The van der Waals surface area contributed by atoms with Crippen molar-refractivity contribution in [3.63, 3.8) is 0 Å². The van der Waals surface area contributed by atoms with Crippen molar-refractivity contribution in [2.24, 2.45) is 0 Å². The Morgan fingerprint density at radius 1 is 1.83 bits per heavy atom. The molecule has 0 nitrogen and oxygen atoms in total. The van der Waals surface area contributed by atoms with Crippen LogP contribution in [-0.4, -0.2) is 5.28 Å². The molecule has 1 heteroatoms. The SMILES string of the molecule is [2H]C(CCC)C([2H])([2H])Br. The lowest BCUT2D eigenvalue weighted by Gasteiger charge is -1.85. The van der Waals surface area contributed by atoms with E-state index in [2.05, 4.69) is 15.9 Å². The molecule has 0 radical (unpaired) electrons. The van der Waals surface area contributed by atoms with Gasteiger partial charge in [0, 0.05) is 9.39 Å². The van der Waals surface area contributed by atoms with Crippen molar-refractivity contribution < 1.29 is 4.11 Å². The summed E-state index contributed by atoms with van der Waals surface area (Å²) < 4.78 is 21.3. The van der Waals surface area contributed by atoms with E-state index in [0.717, 1.165) is 6.42 Å². The molecule has 0 rings (SSSR count). The largest absolute Gasteiger partial charge is 0.0928 e. The summed E-state index contributed by atoms with van der Waals surface area (Å²) in [7, 11) is 0. The van der Waals surface area contributed by atoms with E-state index < -0.39 is 11.7 Å². The minimum Gasteiger partial charge on any atom is -0.0928 e. The minimum absolute atomic E-state index is 0.609. The fourth-order valence-electron chi connectivity index (χ4n) is 0.199. The van der Waals surface area contributed by atoms with Crippen molar-refractivity contribution in [1.82, 2.24) is 0 Å². The van der Waals surface area contributed by atoms with E-state index in [0.29, 0.717) is 6.42 Å². The summed E-state index contributed by atoms with van der Waals surface area (Å²) in [6.07, 6.45) is 0.833. The molecule has 0 amide bonds. The fraction of sp³-hybridized carbons (Fsp3) is 1.00. The first-order valence-electron chi connectivity index (χ1n) is 3.67. The van der Waals surface area contributed by atoms with Crippen LogP contribution in [0, 0.1) is 0 Å². The summed E-state index contributed by atoms with van der Waals surface area (Å²) in [5.74, 6) is 0. The molecule has 1 unspecified atom stereocenters. The van der Waals surface area contributed by atoms with Gasteiger partial charge in [-0.25, -0.2) is 0 Å². The minimum atomic E-state index is -1.51. The van der Waals surface area contributed by atoms with E-state index in [1.54, 1.807) is 0 Å². The predicted octanol–water partition coefficient (Wildman–Crippen LogP) is 2.57. The van der Waals surface area contributed by atoms with Gasteiger partial charge >= 0.3 is 0 Å². The van der Waals surface area contributed by atoms with Crippen molar-refractivity contribution in [2.75, 3.05) is 5.28 Å². The maximum Gasteiger partial charge on any atom is 0.0387 e. The molecular weight excluding hydrogens is 140 g/mol. The zero-order valence-electron chi connectivity index (χ0n) is 6.87. The van der Waals surface area contributed by atoms with E-state index >= 15 is 0 Å². The van der Waals surface area contributed by atoms with Crippen LogP contribution in [0.1, 0.15) is 30.3 Å². The van der Waals surface area contributed by atoms with Crippen LogP contribution in [-0.2, 0) is 0 Å². The summed E-state index contributed by atoms with van der Waals surface area (Å²) in [6, 6.07) is 0. The number of hydrogen-bond donors (Lipinski definition) is 0. The van der Waals surface area contributed by atoms with Gasteiger partial charge in [0.1, 0.15) is 0 Å². The van der Waals surface area contributed by atoms with Gasteiger partial charge in [-0.05, 0) is 6.40 Å². The van der Waals surface area contributed by atoms with Crippen LogP contribution >= 0.6 is 15.9 Å². The van der Waals surface area contributed by atoms with E-state index in [1.165, 1.54) is 0 Å². The fourth-order valence-corrected chi connectivity index (χ4v) is 0.428. The van der Waals surface area contributed by atoms with E-state index in [4.69, 9.17) is 4.11 Å². The Labute approximate surface area is 52.3 Å². The second-order valence-electron chi connectivity index (χ2n) is 1.10. The van der Waals surface area contributed by atoms with Crippen molar-refractivity contribution in [3.8, 4) is 0 Å². The van der Waals surface area contributed by atoms with Crippen LogP contribution in [0.4, 0.5) is 0 Å². The summed E-state index contributed by atoms with van der Waals surface area (Å²) >= 11 is 2.79. The van der Waals surface area contributed by atoms with Crippen LogP contribution in [0.25, 0.3) is 0 Å². The smallest absolute Gasteiger partial charge is 0.0387 e. The van der Waals surface area contributed by atoms with Crippen molar-refractivity contribution in [3.05, 3.63) is 0 Å². The molecule has 6 heavy (non-hydrogen) atoms. The number of hydrogen-bond acceptors (Lipinski definition) is 0. The first-order valence-corrected chi connectivity index (χ1v) is 2.89. The van der Waals surface area contributed by atoms with Crippen LogP contribution < -0.4 is 0 Å². The molecule has 0 aromatic carbocycles. The zero-order chi connectivity index (χ0) is 7.49. The highest BCUT2D eigenvalue weighted by atomic mass is 79.9. The Hall–Kier alpha value is 0.480. The van der Waals surface area contributed by atoms with Crippen molar-refractivity contribution in [1.29, 1.82) is 0 Å². The average molecular weight is 154 g/mol. The van der Waals surface area contributed by atoms with Crippen molar-refractivity contribution in [2.45, 2.75) is 26.2 Å². The molecular formula is C5H11Br. The molecule has 0 saturated carbocycles. The molecule has 0 aliphatic heterocycles. The van der Waals surface area contributed by atoms with Crippen LogP contribution in [0.5, 0.6) is 0 Å². The molecule has 38 valence electrons. The van der Waals surface area contributed by atoms with E-state index in [9.17, 15) is 0 Å². The summed E-state index contributed by atoms with van der Waals surface area (Å²) in [5, 5.41) is -1.51. The molecule has 0 N–H and O–H groups in total. The van der Waals surface area contributed by atoms with Gasteiger partial charge in [0.25, 0.3) is 0 Å². The highest BCUT2D eigenvalue weighted by Crippen LogP contribution is 1.95. The quantitative estimate of drug-likeness (QED) is 0.548. The Balaban J connectivity index is 3.59. The highest BCUT2D eigenvalue weighted by Gasteiger charge is 1.76. The lowest BCUT2D eigenvalue weighted by molar-refractivity contribution is 0.781. The first kappa shape index (κ1) is 2.71. The maximum absolute atomic E-state index is 7.20. The standard InChI is InChI=1S/C5H11Br/c1-2-3-4-5-6/h2-5H2,1H3/i4D,5D2. The molecule has 1 atom stereocenters. The van der Waals surface area contributed by atoms with Gasteiger partial charge in [-0.2, -0.15) is 0 Å². The van der Waals surface area contributed by atoms with Gasteiger partial charge in [0.2, 0.25) is 0 Å². The monoisotopic (exact) mass is 153 g/mol. The van der Waals surface area contributed by atoms with Crippen molar-refractivity contribution >= 4 is 15.9 Å². The Kier molecular flexibility index (Phi) is 2.47. The third-order valence-corrected chi connectivity index (χ3v) is 0.834. The molecule has 0 aromatic heterocycles. The van der Waals surface area contributed by atoms with Crippen LogP contribution in [0.3, 0.4) is 0 Å². The van der Waals surface area contributed by atoms with Gasteiger partial charge < -0.3 is 0 Å². The first-order chi connectivity index (χ1) is 3.98. The molecule has 0 aromatic rings. The maximum atomic E-state index is 7.20. The lowest BCUT2D eigenvalue weighted by Crippen LogP contribution is -1.70. The molecule has 0 fully saturated rings. The molecule has 0 heterocycles. The van der Waals surface area contributed by atoms with Gasteiger partial charge in [-0.15, -0.1) is 0 Å². The molecule has 0 bridgehead atoms. The normalized spacial score (nSPS) is 24.0. The van der Waals surface area contributed by atoms with E-state index in [1.807, 2.05) is 6.92 Å². The second-order valence-corrected chi connectivity index (χ2v) is 1.56.